The highest BCUT2D eigenvalue weighted by Crippen LogP contribution is 2.21. The Balaban J connectivity index is 1.75. The molecule has 0 bridgehead atoms. The molecule has 4 heteroatoms. The van der Waals surface area contributed by atoms with E-state index in [1.165, 1.54) is 12.1 Å². The van der Waals surface area contributed by atoms with Gasteiger partial charge in [0.05, 0.1) is 0 Å². The number of benzene rings is 2. The van der Waals surface area contributed by atoms with Crippen LogP contribution in [0.3, 0.4) is 0 Å². The molecule has 1 unspecified atom stereocenters. The number of para-hydroxylation sites is 1. The zero-order chi connectivity index (χ0) is 14.8. The Labute approximate surface area is 121 Å². The predicted molar refractivity (Wildman–Crippen MR) is 79.9 cm³/mol. The summed E-state index contributed by atoms with van der Waals surface area (Å²) in [6.45, 7) is 2.48. The number of halogens is 2. The summed E-state index contributed by atoms with van der Waals surface area (Å²) >= 11 is 0. The largest absolute Gasteiger partial charge is 0.361 e. The van der Waals surface area contributed by atoms with Crippen LogP contribution in [0.2, 0.25) is 0 Å². The maximum Gasteiger partial charge on any atom is 0.130 e. The third-order valence-corrected chi connectivity index (χ3v) is 3.70. The lowest BCUT2D eigenvalue weighted by Crippen LogP contribution is -2.19. The minimum Gasteiger partial charge on any atom is -0.361 e. The first kappa shape index (κ1) is 13.8. The summed E-state index contributed by atoms with van der Waals surface area (Å²) in [6.07, 6.45) is 1.95. The van der Waals surface area contributed by atoms with Crippen LogP contribution in [0, 0.1) is 11.6 Å². The molecule has 1 aromatic heterocycles. The van der Waals surface area contributed by atoms with E-state index in [4.69, 9.17) is 0 Å². The quantitative estimate of drug-likeness (QED) is 0.735. The Morgan fingerprint density at radius 3 is 2.76 bits per heavy atom. The molecular formula is C17H16F2N2. The van der Waals surface area contributed by atoms with Crippen molar-refractivity contribution in [3.63, 3.8) is 0 Å². The molecule has 1 atom stereocenters. The lowest BCUT2D eigenvalue weighted by Gasteiger charge is -2.14. The van der Waals surface area contributed by atoms with Gasteiger partial charge in [0.15, 0.2) is 0 Å². The highest BCUT2D eigenvalue weighted by molar-refractivity contribution is 5.82. The molecule has 0 fully saturated rings. The van der Waals surface area contributed by atoms with Gasteiger partial charge < -0.3 is 10.3 Å². The summed E-state index contributed by atoms with van der Waals surface area (Å²) in [6, 6.07) is 11.5. The normalized spacial score (nSPS) is 12.7. The van der Waals surface area contributed by atoms with Gasteiger partial charge in [-0.25, -0.2) is 8.78 Å². The maximum atomic E-state index is 13.7. The lowest BCUT2D eigenvalue weighted by atomic mass is 10.1. The molecule has 2 nitrogen and oxygen atoms in total. The van der Waals surface area contributed by atoms with E-state index < -0.39 is 11.6 Å². The molecule has 0 saturated carbocycles. The smallest absolute Gasteiger partial charge is 0.130 e. The van der Waals surface area contributed by atoms with Crippen molar-refractivity contribution in [2.75, 3.05) is 0 Å². The minimum absolute atomic E-state index is 0.195. The fraction of sp³-hybridized carbons (Fsp3) is 0.176. The van der Waals surface area contributed by atoms with Crippen LogP contribution in [0.5, 0.6) is 0 Å². The van der Waals surface area contributed by atoms with Crippen LogP contribution < -0.4 is 5.32 Å². The highest BCUT2D eigenvalue weighted by atomic mass is 19.1. The second-order valence-corrected chi connectivity index (χ2v) is 5.13. The first-order valence-corrected chi connectivity index (χ1v) is 6.88. The monoisotopic (exact) mass is 286 g/mol. The van der Waals surface area contributed by atoms with E-state index in [1.54, 1.807) is 0 Å². The molecule has 3 rings (SSSR count). The van der Waals surface area contributed by atoms with Crippen LogP contribution >= 0.6 is 0 Å². The zero-order valence-electron chi connectivity index (χ0n) is 11.7. The fourth-order valence-electron chi connectivity index (χ4n) is 2.50. The van der Waals surface area contributed by atoms with Gasteiger partial charge >= 0.3 is 0 Å². The van der Waals surface area contributed by atoms with Crippen molar-refractivity contribution in [3.05, 3.63) is 71.4 Å². The molecular weight excluding hydrogens is 270 g/mol. The van der Waals surface area contributed by atoms with Gasteiger partial charge in [0, 0.05) is 41.3 Å². The summed E-state index contributed by atoms with van der Waals surface area (Å²) in [4.78, 5) is 3.21. The first-order valence-electron chi connectivity index (χ1n) is 6.88. The van der Waals surface area contributed by atoms with Crippen molar-refractivity contribution in [3.8, 4) is 0 Å². The third-order valence-electron chi connectivity index (χ3n) is 3.70. The van der Waals surface area contributed by atoms with Gasteiger partial charge in [-0.15, -0.1) is 0 Å². The number of fused-ring (bicyclic) bond motifs is 1. The fourth-order valence-corrected chi connectivity index (χ4v) is 2.50. The van der Waals surface area contributed by atoms with Gasteiger partial charge in [-0.3, -0.25) is 0 Å². The number of nitrogens with one attached hydrogen (secondary N) is 2. The number of aromatic amines is 1. The minimum atomic E-state index is -0.555. The molecule has 0 saturated heterocycles. The zero-order valence-corrected chi connectivity index (χ0v) is 11.7. The molecule has 0 radical (unpaired) electrons. The summed E-state index contributed by atoms with van der Waals surface area (Å²) in [5, 5.41) is 4.42. The van der Waals surface area contributed by atoms with Crippen molar-refractivity contribution in [1.82, 2.24) is 10.3 Å². The van der Waals surface area contributed by atoms with Gasteiger partial charge in [0.25, 0.3) is 0 Å². The van der Waals surface area contributed by atoms with E-state index in [1.807, 2.05) is 37.4 Å². The van der Waals surface area contributed by atoms with Crippen molar-refractivity contribution in [1.29, 1.82) is 0 Å². The molecule has 21 heavy (non-hydrogen) atoms. The van der Waals surface area contributed by atoms with Crippen LogP contribution in [-0.4, -0.2) is 4.98 Å². The summed E-state index contributed by atoms with van der Waals surface area (Å²) < 4.78 is 26.7. The molecule has 3 aromatic rings. The van der Waals surface area contributed by atoms with Gasteiger partial charge in [-0.05, 0) is 24.6 Å². The molecule has 0 spiro atoms. The number of hydrogen-bond donors (Lipinski definition) is 2. The second-order valence-electron chi connectivity index (χ2n) is 5.13. The molecule has 108 valence electrons. The number of aromatic nitrogens is 1. The Morgan fingerprint density at radius 2 is 1.95 bits per heavy atom. The second kappa shape index (κ2) is 5.66. The van der Waals surface area contributed by atoms with Crippen LogP contribution in [0.4, 0.5) is 8.78 Å². The van der Waals surface area contributed by atoms with E-state index >= 15 is 0 Å². The van der Waals surface area contributed by atoms with Crippen molar-refractivity contribution in [2.24, 2.45) is 0 Å². The number of rotatable bonds is 4. The molecule has 0 amide bonds. The average molecular weight is 286 g/mol. The first-order chi connectivity index (χ1) is 10.1. The van der Waals surface area contributed by atoms with Crippen LogP contribution in [0.1, 0.15) is 24.1 Å². The SMILES string of the molecule is CC(NCc1c[nH]c2ccccc12)c1ccc(F)cc1F. The Hall–Kier alpha value is -2.20. The van der Waals surface area contributed by atoms with E-state index in [-0.39, 0.29) is 6.04 Å². The van der Waals surface area contributed by atoms with Crippen molar-refractivity contribution < 1.29 is 8.78 Å². The average Bonchev–Trinajstić information content (AvgIpc) is 2.88. The standard InChI is InChI=1S/C17H16F2N2/c1-11(14-7-6-13(18)8-16(14)19)20-9-12-10-21-17-5-3-2-4-15(12)17/h2-8,10-11,20-21H,9H2,1H3. The summed E-state index contributed by atoms with van der Waals surface area (Å²) in [5.41, 5.74) is 2.67. The Morgan fingerprint density at radius 1 is 1.14 bits per heavy atom. The molecule has 0 aliphatic heterocycles. The summed E-state index contributed by atoms with van der Waals surface area (Å²) in [5.74, 6) is -1.07. The van der Waals surface area contributed by atoms with Gasteiger partial charge in [-0.1, -0.05) is 24.3 Å². The maximum absolute atomic E-state index is 13.7. The van der Waals surface area contributed by atoms with E-state index in [0.717, 1.165) is 22.5 Å². The molecule has 1 heterocycles. The topological polar surface area (TPSA) is 27.8 Å². The summed E-state index contributed by atoms with van der Waals surface area (Å²) in [7, 11) is 0. The molecule has 0 aliphatic carbocycles. The van der Waals surface area contributed by atoms with Crippen LogP contribution in [0.25, 0.3) is 10.9 Å². The van der Waals surface area contributed by atoms with Gasteiger partial charge in [-0.2, -0.15) is 0 Å². The van der Waals surface area contributed by atoms with Gasteiger partial charge in [0.2, 0.25) is 0 Å². The van der Waals surface area contributed by atoms with Crippen LogP contribution in [-0.2, 0) is 6.54 Å². The van der Waals surface area contributed by atoms with Crippen molar-refractivity contribution >= 4 is 10.9 Å². The number of hydrogen-bond acceptors (Lipinski definition) is 1. The van der Waals surface area contributed by atoms with E-state index in [9.17, 15) is 8.78 Å². The highest BCUT2D eigenvalue weighted by Gasteiger charge is 2.12. The van der Waals surface area contributed by atoms with Gasteiger partial charge in [0.1, 0.15) is 11.6 Å². The third kappa shape index (κ3) is 2.81. The number of H-pyrrole nitrogens is 1. The Bertz CT molecular complexity index is 764. The molecule has 0 aliphatic rings. The van der Waals surface area contributed by atoms with E-state index in [0.29, 0.717) is 12.1 Å². The van der Waals surface area contributed by atoms with Crippen molar-refractivity contribution in [2.45, 2.75) is 19.5 Å². The Kier molecular flexibility index (Phi) is 3.71. The lowest BCUT2D eigenvalue weighted by molar-refractivity contribution is 0.518. The molecule has 2 aromatic carbocycles. The van der Waals surface area contributed by atoms with Crippen LogP contribution in [0.15, 0.2) is 48.7 Å². The molecule has 2 N–H and O–H groups in total. The predicted octanol–water partition coefficient (Wildman–Crippen LogP) is 4.30. The van der Waals surface area contributed by atoms with E-state index in [2.05, 4.69) is 10.3 Å².